The van der Waals surface area contributed by atoms with E-state index in [1.807, 2.05) is 7.05 Å². The smallest absolute Gasteiger partial charge is 0.0580 e. The van der Waals surface area contributed by atoms with Crippen LogP contribution in [0.15, 0.2) is 0 Å². The molecule has 0 aromatic rings. The summed E-state index contributed by atoms with van der Waals surface area (Å²) in [6.45, 7) is 6.42. The van der Waals surface area contributed by atoms with E-state index in [9.17, 15) is 0 Å². The van der Waals surface area contributed by atoms with Crippen LogP contribution in [0, 0.1) is 5.92 Å². The molecule has 1 aliphatic carbocycles. The third-order valence-corrected chi connectivity index (χ3v) is 3.26. The van der Waals surface area contributed by atoms with Gasteiger partial charge in [-0.1, -0.05) is 0 Å². The van der Waals surface area contributed by atoms with Crippen molar-refractivity contribution in [3.8, 4) is 0 Å². The Labute approximate surface area is 94.2 Å². The van der Waals surface area contributed by atoms with Crippen LogP contribution in [0.1, 0.15) is 26.2 Å². The molecular weight excluding hydrogens is 188 g/mol. The van der Waals surface area contributed by atoms with Crippen molar-refractivity contribution in [2.45, 2.75) is 32.3 Å². The van der Waals surface area contributed by atoms with Crippen molar-refractivity contribution in [1.82, 2.24) is 10.2 Å². The van der Waals surface area contributed by atoms with Crippen molar-refractivity contribution in [1.29, 1.82) is 0 Å². The first-order chi connectivity index (χ1) is 7.26. The molecule has 1 fully saturated rings. The van der Waals surface area contributed by atoms with Gasteiger partial charge in [0.1, 0.15) is 0 Å². The van der Waals surface area contributed by atoms with Gasteiger partial charge in [-0.15, -0.1) is 0 Å². The van der Waals surface area contributed by atoms with Crippen LogP contribution in [-0.4, -0.2) is 51.3 Å². The fourth-order valence-electron chi connectivity index (χ4n) is 2.10. The molecule has 0 amide bonds. The molecule has 0 aromatic heterocycles. The van der Waals surface area contributed by atoms with E-state index >= 15 is 0 Å². The Morgan fingerprint density at radius 3 is 2.67 bits per heavy atom. The molecule has 1 saturated carbocycles. The lowest BCUT2D eigenvalue weighted by Gasteiger charge is -2.35. The third kappa shape index (κ3) is 4.96. The maximum atomic E-state index is 5.56. The van der Waals surface area contributed by atoms with Gasteiger partial charge in [-0.25, -0.2) is 0 Å². The molecule has 0 heterocycles. The van der Waals surface area contributed by atoms with Crippen molar-refractivity contribution in [2.75, 3.05) is 40.3 Å². The molecule has 1 N–H and O–H groups in total. The summed E-state index contributed by atoms with van der Waals surface area (Å²) >= 11 is 0. The monoisotopic (exact) mass is 214 g/mol. The Balaban J connectivity index is 1.93. The van der Waals surface area contributed by atoms with Crippen LogP contribution in [0.3, 0.4) is 0 Å². The zero-order chi connectivity index (χ0) is 11.1. The van der Waals surface area contributed by atoms with Crippen molar-refractivity contribution in [3.63, 3.8) is 0 Å². The molecular formula is C12H26N2O. The molecule has 90 valence electrons. The van der Waals surface area contributed by atoms with Gasteiger partial charge >= 0.3 is 0 Å². The van der Waals surface area contributed by atoms with Crippen LogP contribution in [-0.2, 0) is 4.74 Å². The molecule has 1 aliphatic rings. The van der Waals surface area contributed by atoms with Gasteiger partial charge in [0, 0.05) is 19.7 Å². The van der Waals surface area contributed by atoms with Crippen molar-refractivity contribution < 1.29 is 4.74 Å². The van der Waals surface area contributed by atoms with Crippen LogP contribution in [0.4, 0.5) is 0 Å². The maximum Gasteiger partial charge on any atom is 0.0580 e. The highest BCUT2D eigenvalue weighted by Crippen LogP contribution is 2.32. The number of nitrogens with zero attached hydrogens (tertiary/aromatic N) is 1. The van der Waals surface area contributed by atoms with E-state index in [2.05, 4.69) is 24.2 Å². The maximum absolute atomic E-state index is 5.56. The van der Waals surface area contributed by atoms with E-state index in [-0.39, 0.29) is 0 Å². The van der Waals surface area contributed by atoms with Gasteiger partial charge in [-0.3, -0.25) is 0 Å². The molecule has 0 unspecified atom stereocenters. The molecule has 0 spiro atoms. The van der Waals surface area contributed by atoms with Gasteiger partial charge in [0.15, 0.2) is 0 Å². The number of ether oxygens (including phenoxy) is 1. The van der Waals surface area contributed by atoms with Gasteiger partial charge < -0.3 is 15.0 Å². The molecule has 1 rings (SSSR count). The van der Waals surface area contributed by atoms with Gasteiger partial charge in [0.05, 0.1) is 6.10 Å². The molecule has 3 nitrogen and oxygen atoms in total. The Kier molecular flexibility index (Phi) is 6.22. The van der Waals surface area contributed by atoms with Gasteiger partial charge in [0.2, 0.25) is 0 Å². The van der Waals surface area contributed by atoms with E-state index in [0.29, 0.717) is 6.10 Å². The number of nitrogens with one attached hydrogen (secondary N) is 1. The van der Waals surface area contributed by atoms with E-state index in [1.165, 1.54) is 25.8 Å². The Hall–Kier alpha value is -0.120. The highest BCUT2D eigenvalue weighted by Gasteiger charge is 2.28. The predicted molar refractivity (Wildman–Crippen MR) is 64.2 cm³/mol. The number of rotatable bonds is 8. The zero-order valence-electron chi connectivity index (χ0n) is 10.5. The highest BCUT2D eigenvalue weighted by atomic mass is 16.5. The summed E-state index contributed by atoms with van der Waals surface area (Å²) in [5.41, 5.74) is 0. The van der Waals surface area contributed by atoms with Crippen molar-refractivity contribution in [2.24, 2.45) is 5.92 Å². The molecule has 0 aromatic carbocycles. The second kappa shape index (κ2) is 7.20. The van der Waals surface area contributed by atoms with E-state index < -0.39 is 0 Å². The van der Waals surface area contributed by atoms with Crippen LogP contribution in [0.25, 0.3) is 0 Å². The minimum absolute atomic E-state index is 0.572. The molecule has 0 aliphatic heterocycles. The van der Waals surface area contributed by atoms with Gasteiger partial charge in [0.25, 0.3) is 0 Å². The molecule has 3 heteroatoms. The average Bonchev–Trinajstić information content (AvgIpc) is 2.18. The largest absolute Gasteiger partial charge is 0.378 e. The van der Waals surface area contributed by atoms with Crippen molar-refractivity contribution >= 4 is 0 Å². The van der Waals surface area contributed by atoms with E-state index in [4.69, 9.17) is 4.74 Å². The second-order valence-electron chi connectivity index (χ2n) is 4.61. The lowest BCUT2D eigenvalue weighted by molar-refractivity contribution is -0.0282. The molecule has 15 heavy (non-hydrogen) atoms. The quantitative estimate of drug-likeness (QED) is 0.660. The predicted octanol–water partition coefficient (Wildman–Crippen LogP) is 1.34. The summed E-state index contributed by atoms with van der Waals surface area (Å²) < 4.78 is 5.56. The summed E-state index contributed by atoms with van der Waals surface area (Å²) in [7, 11) is 4.21. The lowest BCUT2D eigenvalue weighted by Crippen LogP contribution is -2.35. The van der Waals surface area contributed by atoms with Gasteiger partial charge in [-0.05, 0) is 52.7 Å². The van der Waals surface area contributed by atoms with E-state index in [1.54, 1.807) is 0 Å². The molecule has 0 radical (unpaired) electrons. The molecule has 0 bridgehead atoms. The summed E-state index contributed by atoms with van der Waals surface area (Å²) in [5.74, 6) is 0.915. The Bertz CT molecular complexity index is 158. The Morgan fingerprint density at radius 2 is 2.07 bits per heavy atom. The standard InChI is InChI=1S/C12H26N2O/c1-4-15-12-9-11(10-12)5-7-14(3)8-6-13-2/h11-13H,4-10H2,1-3H3. The number of hydrogen-bond donors (Lipinski definition) is 1. The molecule has 0 saturated heterocycles. The Morgan fingerprint density at radius 1 is 1.33 bits per heavy atom. The third-order valence-electron chi connectivity index (χ3n) is 3.26. The first-order valence-corrected chi connectivity index (χ1v) is 6.21. The van der Waals surface area contributed by atoms with Crippen LogP contribution in [0.5, 0.6) is 0 Å². The first-order valence-electron chi connectivity index (χ1n) is 6.21. The van der Waals surface area contributed by atoms with Gasteiger partial charge in [-0.2, -0.15) is 0 Å². The van der Waals surface area contributed by atoms with Crippen LogP contribution < -0.4 is 5.32 Å². The number of hydrogen-bond acceptors (Lipinski definition) is 3. The summed E-state index contributed by atoms with van der Waals surface area (Å²) in [6.07, 6.45) is 4.48. The van der Waals surface area contributed by atoms with Crippen LogP contribution >= 0.6 is 0 Å². The van der Waals surface area contributed by atoms with Crippen molar-refractivity contribution in [3.05, 3.63) is 0 Å². The SMILES string of the molecule is CCOC1CC(CCN(C)CCNC)C1. The fourth-order valence-corrected chi connectivity index (χ4v) is 2.10. The lowest BCUT2D eigenvalue weighted by atomic mass is 9.80. The summed E-state index contributed by atoms with van der Waals surface area (Å²) in [4.78, 5) is 2.41. The molecule has 0 atom stereocenters. The second-order valence-corrected chi connectivity index (χ2v) is 4.61. The highest BCUT2D eigenvalue weighted by molar-refractivity contribution is 4.80. The first kappa shape index (κ1) is 12.9. The summed E-state index contributed by atoms with van der Waals surface area (Å²) in [6, 6.07) is 0. The minimum atomic E-state index is 0.572. The minimum Gasteiger partial charge on any atom is -0.378 e. The fraction of sp³-hybridized carbons (Fsp3) is 1.00. The van der Waals surface area contributed by atoms with E-state index in [0.717, 1.165) is 25.6 Å². The topological polar surface area (TPSA) is 24.5 Å². The zero-order valence-corrected chi connectivity index (χ0v) is 10.5. The number of likely N-dealkylation sites (N-methyl/N-ethyl adjacent to an activating group) is 2. The van der Waals surface area contributed by atoms with Crippen LogP contribution in [0.2, 0.25) is 0 Å². The normalized spacial score (nSPS) is 25.6. The average molecular weight is 214 g/mol. The summed E-state index contributed by atoms with van der Waals surface area (Å²) in [5, 5.41) is 3.18.